The van der Waals surface area contributed by atoms with Gasteiger partial charge < -0.3 is 16.6 Å². The molecule has 0 aromatic rings. The maximum absolute atomic E-state index is 10.4. The van der Waals surface area contributed by atoms with Gasteiger partial charge in [0.25, 0.3) is 20.2 Å². The van der Waals surface area contributed by atoms with Crippen LogP contribution in [0, 0.1) is 0 Å². The van der Waals surface area contributed by atoms with Crippen molar-refractivity contribution in [2.24, 2.45) is 11.5 Å². The van der Waals surface area contributed by atoms with Crippen molar-refractivity contribution in [3.63, 3.8) is 0 Å². The quantitative estimate of drug-likeness (QED) is 0.252. The highest BCUT2D eigenvalue weighted by atomic mass is 32.2. The summed E-state index contributed by atoms with van der Waals surface area (Å²) in [7, 11) is -9.62. The zero-order valence-electron chi connectivity index (χ0n) is 6.73. The Hall–Kier alpha value is -0.300. The molecule has 0 saturated carbocycles. The Morgan fingerprint density at radius 1 is 1.21 bits per heavy atom. The van der Waals surface area contributed by atoms with Crippen LogP contribution in [0.1, 0.15) is 0 Å². The van der Waals surface area contributed by atoms with Crippen molar-refractivity contribution < 1.29 is 31.0 Å². The Balaban J connectivity index is 4.99. The zero-order chi connectivity index (χ0) is 11.8. The van der Waals surface area contributed by atoms with Crippen LogP contribution >= 0.6 is 0 Å². The molecule has 0 aliphatic heterocycles. The van der Waals surface area contributed by atoms with Gasteiger partial charge in [-0.25, -0.2) is 0 Å². The first kappa shape index (κ1) is 13.7. The lowest BCUT2D eigenvalue weighted by Gasteiger charge is -2.25. The van der Waals surface area contributed by atoms with Gasteiger partial charge in [0, 0.05) is 0 Å². The summed E-state index contributed by atoms with van der Waals surface area (Å²) < 4.78 is 57.9. The predicted molar refractivity (Wildman–Crippen MR) is 45.1 cm³/mol. The number of hydrogen-bond donors (Lipinski definition) is 5. The van der Waals surface area contributed by atoms with Crippen molar-refractivity contribution in [1.82, 2.24) is 0 Å². The van der Waals surface area contributed by atoms with E-state index in [4.69, 9.17) is 25.7 Å². The summed E-state index contributed by atoms with van der Waals surface area (Å²) in [4.78, 5) is 0. The monoisotopic (exact) mass is 250 g/mol. The minimum Gasteiger partial charge on any atom is -0.372 e. The van der Waals surface area contributed by atoms with E-state index in [2.05, 4.69) is 0 Å². The molecule has 0 spiro atoms. The highest BCUT2D eigenvalue weighted by Crippen LogP contribution is 2.09. The second kappa shape index (κ2) is 3.69. The van der Waals surface area contributed by atoms with Gasteiger partial charge in [0.15, 0.2) is 11.1 Å². The molecule has 86 valence electrons. The zero-order valence-corrected chi connectivity index (χ0v) is 8.36. The van der Waals surface area contributed by atoms with Crippen LogP contribution in [0.25, 0.3) is 0 Å². The Morgan fingerprint density at radius 2 is 1.57 bits per heavy atom. The van der Waals surface area contributed by atoms with Gasteiger partial charge in [0.2, 0.25) is 0 Å². The van der Waals surface area contributed by atoms with Gasteiger partial charge >= 0.3 is 0 Å². The SMILES string of the molecule is NC(C(N)(O)CS(=O)(=O)O)S(=O)(=O)O. The van der Waals surface area contributed by atoms with Crippen molar-refractivity contribution in [3.05, 3.63) is 0 Å². The molecule has 0 radical (unpaired) electrons. The van der Waals surface area contributed by atoms with Crippen LogP contribution in [0.2, 0.25) is 0 Å². The van der Waals surface area contributed by atoms with E-state index in [1.54, 1.807) is 0 Å². The van der Waals surface area contributed by atoms with E-state index in [1.807, 2.05) is 0 Å². The third kappa shape index (κ3) is 4.28. The van der Waals surface area contributed by atoms with E-state index in [9.17, 15) is 16.8 Å². The summed E-state index contributed by atoms with van der Waals surface area (Å²) in [5.74, 6) is -1.51. The fourth-order valence-corrected chi connectivity index (χ4v) is 2.10. The average molecular weight is 250 g/mol. The lowest BCUT2D eigenvalue weighted by molar-refractivity contribution is 0.0627. The molecule has 11 heteroatoms. The summed E-state index contributed by atoms with van der Waals surface area (Å²) in [6, 6.07) is 0. The van der Waals surface area contributed by atoms with Gasteiger partial charge in [0.05, 0.1) is 0 Å². The maximum Gasteiger partial charge on any atom is 0.285 e. The van der Waals surface area contributed by atoms with E-state index in [0.717, 1.165) is 0 Å². The van der Waals surface area contributed by atoms with E-state index < -0.39 is 37.1 Å². The first-order valence-corrected chi connectivity index (χ1v) is 6.16. The molecule has 0 amide bonds. The standard InChI is InChI=1S/C3H10N2O7S2/c4-2(14(10,11)12)3(5,6)1-13(7,8)9/h2,6H,1,4-5H2,(H,7,8,9)(H,10,11,12). The van der Waals surface area contributed by atoms with Crippen LogP contribution < -0.4 is 11.5 Å². The van der Waals surface area contributed by atoms with Crippen LogP contribution in [0.5, 0.6) is 0 Å². The number of aliphatic hydroxyl groups is 1. The Kier molecular flexibility index (Phi) is 3.61. The molecular weight excluding hydrogens is 240 g/mol. The largest absolute Gasteiger partial charge is 0.372 e. The molecule has 0 aromatic heterocycles. The van der Waals surface area contributed by atoms with Gasteiger partial charge in [-0.2, -0.15) is 16.8 Å². The van der Waals surface area contributed by atoms with Gasteiger partial charge in [-0.05, 0) is 0 Å². The molecule has 0 saturated heterocycles. The van der Waals surface area contributed by atoms with E-state index >= 15 is 0 Å². The number of nitrogens with two attached hydrogens (primary N) is 2. The first-order chi connectivity index (χ1) is 5.86. The molecule has 2 atom stereocenters. The summed E-state index contributed by atoms with van der Waals surface area (Å²) in [6.45, 7) is 0. The van der Waals surface area contributed by atoms with Crippen molar-refractivity contribution >= 4 is 20.2 Å². The smallest absolute Gasteiger partial charge is 0.285 e. The molecule has 0 aliphatic carbocycles. The molecule has 0 rings (SSSR count). The van der Waals surface area contributed by atoms with Gasteiger partial charge in [0.1, 0.15) is 5.75 Å². The van der Waals surface area contributed by atoms with Crippen molar-refractivity contribution in [2.75, 3.05) is 5.75 Å². The van der Waals surface area contributed by atoms with Crippen LogP contribution in [0.4, 0.5) is 0 Å². The number of hydrogen-bond acceptors (Lipinski definition) is 7. The Bertz CT molecular complexity index is 395. The molecule has 2 unspecified atom stereocenters. The summed E-state index contributed by atoms with van der Waals surface area (Å²) in [5.41, 5.74) is 6.56. The lowest BCUT2D eigenvalue weighted by atomic mass is 10.3. The molecular formula is C3H10N2O7S2. The third-order valence-electron chi connectivity index (χ3n) is 1.23. The highest BCUT2D eigenvalue weighted by molar-refractivity contribution is 7.87. The van der Waals surface area contributed by atoms with E-state index in [0.29, 0.717) is 0 Å². The molecule has 7 N–H and O–H groups in total. The topological polar surface area (TPSA) is 181 Å². The normalized spacial score (nSPS) is 20.1. The Labute approximate surface area is 80.2 Å². The second-order valence-electron chi connectivity index (χ2n) is 2.65. The maximum atomic E-state index is 10.4. The Morgan fingerprint density at radius 3 is 1.79 bits per heavy atom. The summed E-state index contributed by atoms with van der Waals surface area (Å²) in [5, 5.41) is 6.60. The fourth-order valence-electron chi connectivity index (χ4n) is 0.632. The van der Waals surface area contributed by atoms with Crippen molar-refractivity contribution in [3.8, 4) is 0 Å². The molecule has 0 aliphatic rings. The van der Waals surface area contributed by atoms with Crippen LogP contribution in [-0.4, -0.2) is 47.9 Å². The molecule has 0 aromatic carbocycles. The van der Waals surface area contributed by atoms with Gasteiger partial charge in [-0.15, -0.1) is 0 Å². The van der Waals surface area contributed by atoms with Crippen LogP contribution in [0.3, 0.4) is 0 Å². The minimum absolute atomic E-state index is 1.51. The van der Waals surface area contributed by atoms with Crippen LogP contribution in [-0.2, 0) is 20.2 Å². The summed E-state index contributed by atoms with van der Waals surface area (Å²) >= 11 is 0. The lowest BCUT2D eigenvalue weighted by Crippen LogP contribution is -2.62. The second-order valence-corrected chi connectivity index (χ2v) is 5.64. The third-order valence-corrected chi connectivity index (χ3v) is 3.10. The van der Waals surface area contributed by atoms with Crippen LogP contribution in [0.15, 0.2) is 0 Å². The van der Waals surface area contributed by atoms with Crippen molar-refractivity contribution in [1.29, 1.82) is 0 Å². The van der Waals surface area contributed by atoms with E-state index in [-0.39, 0.29) is 0 Å². The first-order valence-electron chi connectivity index (χ1n) is 3.04. The highest BCUT2D eigenvalue weighted by Gasteiger charge is 2.42. The fraction of sp³-hybridized carbons (Fsp3) is 1.00. The molecule has 0 bridgehead atoms. The van der Waals surface area contributed by atoms with Crippen molar-refractivity contribution in [2.45, 2.75) is 11.1 Å². The molecule has 14 heavy (non-hydrogen) atoms. The summed E-state index contributed by atoms with van der Waals surface area (Å²) in [6.07, 6.45) is 0. The average Bonchev–Trinajstić information content (AvgIpc) is 1.78. The van der Waals surface area contributed by atoms with Gasteiger partial charge in [-0.1, -0.05) is 0 Å². The van der Waals surface area contributed by atoms with E-state index in [1.165, 1.54) is 0 Å². The molecule has 0 heterocycles. The molecule has 0 fully saturated rings. The number of rotatable bonds is 4. The van der Waals surface area contributed by atoms with Gasteiger partial charge in [-0.3, -0.25) is 9.11 Å². The minimum atomic E-state index is -4.91. The molecule has 9 nitrogen and oxygen atoms in total. The predicted octanol–water partition coefficient (Wildman–Crippen LogP) is -3.31.